The van der Waals surface area contributed by atoms with Crippen molar-refractivity contribution in [2.45, 2.75) is 77.4 Å². The maximum atomic E-state index is 14.3. The van der Waals surface area contributed by atoms with Crippen LogP contribution in [0.5, 0.6) is 0 Å². The van der Waals surface area contributed by atoms with E-state index in [2.05, 4.69) is 5.32 Å². The number of sulfonamides is 1. The smallest absolute Gasteiger partial charge is 0.264 e. The van der Waals surface area contributed by atoms with Crippen molar-refractivity contribution in [1.29, 1.82) is 0 Å². The zero-order chi connectivity index (χ0) is 31.0. The summed E-state index contributed by atoms with van der Waals surface area (Å²) in [7, 11) is -4.15. The molecule has 0 saturated carbocycles. The molecule has 226 valence electrons. The van der Waals surface area contributed by atoms with Crippen LogP contribution in [-0.2, 0) is 32.6 Å². The molecule has 2 atom stereocenters. The van der Waals surface area contributed by atoms with Crippen LogP contribution >= 0.6 is 23.2 Å². The molecule has 0 radical (unpaired) electrons. The van der Waals surface area contributed by atoms with E-state index in [1.807, 2.05) is 46.8 Å². The zero-order valence-electron chi connectivity index (χ0n) is 24.7. The number of carbonyl (C=O) groups excluding carboxylic acids is 2. The molecule has 0 saturated heterocycles. The molecular weight excluding hydrogens is 593 g/mol. The number of hydrogen-bond donors (Lipinski definition) is 1. The number of benzene rings is 3. The highest BCUT2D eigenvalue weighted by Gasteiger charge is 2.34. The fourth-order valence-corrected chi connectivity index (χ4v) is 6.37. The zero-order valence-corrected chi connectivity index (χ0v) is 27.1. The number of amides is 2. The van der Waals surface area contributed by atoms with E-state index in [9.17, 15) is 18.0 Å². The standard InChI is InChI=1S/C32H39Cl2N3O4S/c1-6-23(5)35-32(39)29(8-3)36(20-24-15-18-27(33)28(34)19-24)31(38)21-37(30-12-10-9-11-25(30)7-2)42(40,41)26-16-13-22(4)14-17-26/h9-19,23,29H,6-8,20-21H2,1-5H3,(H,35,39)/t23-,29-/m1/s1. The van der Waals surface area contributed by atoms with Gasteiger partial charge in [0.15, 0.2) is 0 Å². The Hall–Kier alpha value is -3.07. The normalized spacial score (nSPS) is 12.8. The van der Waals surface area contributed by atoms with Gasteiger partial charge in [0.1, 0.15) is 12.6 Å². The summed E-state index contributed by atoms with van der Waals surface area (Å²) < 4.78 is 29.4. The number of para-hydroxylation sites is 1. The molecule has 0 unspecified atom stereocenters. The van der Waals surface area contributed by atoms with Crippen molar-refractivity contribution in [1.82, 2.24) is 10.2 Å². The highest BCUT2D eigenvalue weighted by atomic mass is 35.5. The van der Waals surface area contributed by atoms with Crippen LogP contribution in [-0.4, -0.2) is 43.8 Å². The van der Waals surface area contributed by atoms with Crippen LogP contribution in [0.3, 0.4) is 0 Å². The Kier molecular flexibility index (Phi) is 11.9. The Labute approximate surface area is 259 Å². The van der Waals surface area contributed by atoms with Gasteiger partial charge in [-0.05, 0) is 74.6 Å². The third-order valence-electron chi connectivity index (χ3n) is 7.25. The summed E-state index contributed by atoms with van der Waals surface area (Å²) >= 11 is 12.4. The third kappa shape index (κ3) is 8.06. The number of carbonyl (C=O) groups is 2. The molecule has 1 N–H and O–H groups in total. The highest BCUT2D eigenvalue weighted by Crippen LogP contribution is 2.29. The van der Waals surface area contributed by atoms with Crippen molar-refractivity contribution < 1.29 is 18.0 Å². The topological polar surface area (TPSA) is 86.8 Å². The van der Waals surface area contributed by atoms with E-state index in [4.69, 9.17) is 23.2 Å². The first-order chi connectivity index (χ1) is 19.9. The fourth-order valence-electron chi connectivity index (χ4n) is 4.60. The highest BCUT2D eigenvalue weighted by molar-refractivity contribution is 7.92. The average Bonchev–Trinajstić information content (AvgIpc) is 2.97. The predicted octanol–water partition coefficient (Wildman–Crippen LogP) is 6.78. The average molecular weight is 633 g/mol. The summed E-state index contributed by atoms with van der Waals surface area (Å²) in [5.74, 6) is -0.823. The first-order valence-electron chi connectivity index (χ1n) is 14.1. The number of nitrogens with one attached hydrogen (secondary N) is 1. The molecular formula is C32H39Cl2N3O4S. The van der Waals surface area contributed by atoms with Crippen molar-refractivity contribution in [3.63, 3.8) is 0 Å². The molecule has 3 aromatic rings. The largest absolute Gasteiger partial charge is 0.352 e. The van der Waals surface area contributed by atoms with E-state index in [1.54, 1.807) is 54.6 Å². The Morgan fingerprint density at radius 2 is 1.57 bits per heavy atom. The molecule has 3 rings (SSSR count). The Balaban J connectivity index is 2.11. The monoisotopic (exact) mass is 631 g/mol. The molecule has 10 heteroatoms. The lowest BCUT2D eigenvalue weighted by atomic mass is 10.1. The summed E-state index contributed by atoms with van der Waals surface area (Å²) in [6.07, 6.45) is 1.61. The molecule has 0 aliphatic carbocycles. The summed E-state index contributed by atoms with van der Waals surface area (Å²) in [6.45, 7) is 9.03. The van der Waals surface area contributed by atoms with E-state index in [1.165, 1.54) is 4.90 Å². The molecule has 2 amide bonds. The first-order valence-corrected chi connectivity index (χ1v) is 16.3. The lowest BCUT2D eigenvalue weighted by Gasteiger charge is -2.34. The van der Waals surface area contributed by atoms with Gasteiger partial charge in [0, 0.05) is 12.6 Å². The molecule has 7 nitrogen and oxygen atoms in total. The summed E-state index contributed by atoms with van der Waals surface area (Å²) in [5.41, 5.74) is 2.77. The van der Waals surface area contributed by atoms with Gasteiger partial charge in [0.2, 0.25) is 11.8 Å². The molecule has 0 spiro atoms. The van der Waals surface area contributed by atoms with Crippen LogP contribution in [0.15, 0.2) is 71.6 Å². The fraction of sp³-hybridized carbons (Fsp3) is 0.375. The van der Waals surface area contributed by atoms with E-state index >= 15 is 0 Å². The maximum Gasteiger partial charge on any atom is 0.264 e. The number of hydrogen-bond acceptors (Lipinski definition) is 4. The second kappa shape index (κ2) is 14.9. The number of aryl methyl sites for hydroxylation is 2. The molecule has 0 heterocycles. The Morgan fingerprint density at radius 1 is 0.905 bits per heavy atom. The summed E-state index contributed by atoms with van der Waals surface area (Å²) in [6, 6.07) is 17.7. The van der Waals surface area contributed by atoms with Crippen molar-refractivity contribution in [2.75, 3.05) is 10.8 Å². The predicted molar refractivity (Wildman–Crippen MR) is 171 cm³/mol. The Bertz CT molecular complexity index is 1500. The van der Waals surface area contributed by atoms with Gasteiger partial charge >= 0.3 is 0 Å². The second-order valence-corrected chi connectivity index (χ2v) is 13.0. The SMILES string of the molecule is CCc1ccccc1N(CC(=O)N(Cc1ccc(Cl)c(Cl)c1)[C@H](CC)C(=O)N[C@H](C)CC)S(=O)(=O)c1ccc(C)cc1. The molecule has 0 fully saturated rings. The lowest BCUT2D eigenvalue weighted by Crippen LogP contribution is -2.53. The van der Waals surface area contributed by atoms with E-state index < -0.39 is 28.5 Å². The van der Waals surface area contributed by atoms with Crippen LogP contribution in [0.1, 0.15) is 57.2 Å². The van der Waals surface area contributed by atoms with Gasteiger partial charge in [-0.1, -0.05) is 85.9 Å². The van der Waals surface area contributed by atoms with Crippen LogP contribution in [0.2, 0.25) is 10.0 Å². The van der Waals surface area contributed by atoms with Crippen LogP contribution in [0.25, 0.3) is 0 Å². The second-order valence-electron chi connectivity index (χ2n) is 10.3. The van der Waals surface area contributed by atoms with Crippen LogP contribution in [0.4, 0.5) is 5.69 Å². The van der Waals surface area contributed by atoms with E-state index in [-0.39, 0.29) is 23.4 Å². The minimum absolute atomic E-state index is 0.0377. The first kappa shape index (κ1) is 33.4. The number of rotatable bonds is 13. The molecule has 42 heavy (non-hydrogen) atoms. The summed E-state index contributed by atoms with van der Waals surface area (Å²) in [5, 5.41) is 3.66. The van der Waals surface area contributed by atoms with Gasteiger partial charge < -0.3 is 10.2 Å². The van der Waals surface area contributed by atoms with Crippen molar-refractivity contribution in [2.24, 2.45) is 0 Å². The van der Waals surface area contributed by atoms with Crippen molar-refractivity contribution >= 4 is 50.7 Å². The van der Waals surface area contributed by atoms with Gasteiger partial charge in [-0.15, -0.1) is 0 Å². The Morgan fingerprint density at radius 3 is 2.17 bits per heavy atom. The van der Waals surface area contributed by atoms with Crippen LogP contribution in [0, 0.1) is 6.92 Å². The van der Waals surface area contributed by atoms with Gasteiger partial charge in [0.05, 0.1) is 20.6 Å². The maximum absolute atomic E-state index is 14.3. The third-order valence-corrected chi connectivity index (χ3v) is 9.77. The van der Waals surface area contributed by atoms with Gasteiger partial charge in [0.25, 0.3) is 10.0 Å². The van der Waals surface area contributed by atoms with E-state index in [0.29, 0.717) is 34.1 Å². The van der Waals surface area contributed by atoms with Gasteiger partial charge in [-0.3, -0.25) is 13.9 Å². The van der Waals surface area contributed by atoms with Gasteiger partial charge in [-0.2, -0.15) is 0 Å². The minimum atomic E-state index is -4.15. The van der Waals surface area contributed by atoms with Crippen LogP contribution < -0.4 is 9.62 Å². The molecule has 0 aliphatic rings. The number of anilines is 1. The van der Waals surface area contributed by atoms with Gasteiger partial charge in [-0.25, -0.2) is 8.42 Å². The minimum Gasteiger partial charge on any atom is -0.352 e. The molecule has 0 aromatic heterocycles. The molecule has 0 aliphatic heterocycles. The number of nitrogens with zero attached hydrogens (tertiary/aromatic N) is 2. The number of halogens is 2. The van der Waals surface area contributed by atoms with Crippen molar-refractivity contribution in [3.05, 3.63) is 93.5 Å². The van der Waals surface area contributed by atoms with Crippen molar-refractivity contribution in [3.8, 4) is 0 Å². The quantitative estimate of drug-likeness (QED) is 0.225. The molecule has 0 bridgehead atoms. The van der Waals surface area contributed by atoms with E-state index in [0.717, 1.165) is 21.9 Å². The lowest BCUT2D eigenvalue weighted by molar-refractivity contribution is -0.140. The molecule has 3 aromatic carbocycles. The summed E-state index contributed by atoms with van der Waals surface area (Å²) in [4.78, 5) is 29.2.